The highest BCUT2D eigenvalue weighted by Crippen LogP contribution is 2.35. The molecule has 1 unspecified atom stereocenters. The third-order valence-electron chi connectivity index (χ3n) is 4.36. The summed E-state index contributed by atoms with van der Waals surface area (Å²) in [6, 6.07) is 5.47. The monoisotopic (exact) mass is 303 g/mol. The molecule has 1 atom stereocenters. The maximum Gasteiger partial charge on any atom is 0.128 e. The van der Waals surface area contributed by atoms with Crippen molar-refractivity contribution in [3.05, 3.63) is 56.0 Å². The van der Waals surface area contributed by atoms with Crippen LogP contribution in [0.1, 0.15) is 57.3 Å². The molecule has 0 amide bonds. The average Bonchev–Trinajstić information content (AvgIpc) is 2.69. The minimum Gasteiger partial charge on any atom is -0.320 e. The summed E-state index contributed by atoms with van der Waals surface area (Å²) in [6.07, 6.45) is 6.14. The molecular weight excluding hydrogens is 281 g/mol. The number of benzene rings is 1. The van der Waals surface area contributed by atoms with Gasteiger partial charge in [-0.1, -0.05) is 12.5 Å². The molecule has 1 aliphatic rings. The number of fused-ring (bicyclic) bond motifs is 1. The molecular formula is C18H22FNS. The van der Waals surface area contributed by atoms with E-state index in [0.717, 1.165) is 28.8 Å². The fraction of sp³-hybridized carbons (Fsp3) is 0.444. The van der Waals surface area contributed by atoms with E-state index in [1.807, 2.05) is 19.9 Å². The third-order valence-corrected chi connectivity index (χ3v) is 5.68. The predicted octanol–water partition coefficient (Wildman–Crippen LogP) is 4.82. The van der Waals surface area contributed by atoms with Gasteiger partial charge in [-0.05, 0) is 68.4 Å². The molecule has 21 heavy (non-hydrogen) atoms. The van der Waals surface area contributed by atoms with Crippen molar-refractivity contribution in [2.75, 3.05) is 0 Å². The number of hydrogen-bond acceptors (Lipinski definition) is 2. The maximum atomic E-state index is 14.3. The van der Waals surface area contributed by atoms with Gasteiger partial charge < -0.3 is 5.73 Å². The quantitative estimate of drug-likeness (QED) is 0.791. The Morgan fingerprint density at radius 3 is 2.62 bits per heavy atom. The Labute approximate surface area is 130 Å². The summed E-state index contributed by atoms with van der Waals surface area (Å²) in [4.78, 5) is 2.57. The van der Waals surface area contributed by atoms with Crippen molar-refractivity contribution in [2.24, 2.45) is 5.73 Å². The summed E-state index contributed by atoms with van der Waals surface area (Å²) >= 11 is 1.78. The van der Waals surface area contributed by atoms with E-state index in [9.17, 15) is 4.39 Å². The Morgan fingerprint density at radius 2 is 1.86 bits per heavy atom. The minimum absolute atomic E-state index is 0.177. The van der Waals surface area contributed by atoms with E-state index in [4.69, 9.17) is 5.73 Å². The van der Waals surface area contributed by atoms with Crippen molar-refractivity contribution >= 4 is 11.3 Å². The number of nitrogens with two attached hydrogens (primary N) is 1. The largest absolute Gasteiger partial charge is 0.320 e. The van der Waals surface area contributed by atoms with Crippen LogP contribution >= 0.6 is 11.3 Å². The molecule has 0 spiro atoms. The Bertz CT molecular complexity index is 613. The van der Waals surface area contributed by atoms with Crippen molar-refractivity contribution in [3.63, 3.8) is 0 Å². The molecule has 0 fully saturated rings. The SMILES string of the molecule is Cc1cc(C)c(C(N)c2cc3c(s2)CCCCC3)c(F)c1. The Hall–Kier alpha value is -1.19. The van der Waals surface area contributed by atoms with Gasteiger partial charge in [0.2, 0.25) is 0 Å². The zero-order chi connectivity index (χ0) is 15.0. The first kappa shape index (κ1) is 14.7. The summed E-state index contributed by atoms with van der Waals surface area (Å²) in [6.45, 7) is 3.86. The topological polar surface area (TPSA) is 26.0 Å². The van der Waals surface area contributed by atoms with Gasteiger partial charge in [-0.2, -0.15) is 0 Å². The molecule has 1 aliphatic carbocycles. The smallest absolute Gasteiger partial charge is 0.128 e. The van der Waals surface area contributed by atoms with Gasteiger partial charge >= 0.3 is 0 Å². The highest BCUT2D eigenvalue weighted by atomic mass is 32.1. The second-order valence-corrected chi connectivity index (χ2v) is 7.28. The summed E-state index contributed by atoms with van der Waals surface area (Å²) in [7, 11) is 0. The minimum atomic E-state index is -0.345. The van der Waals surface area contributed by atoms with Crippen LogP contribution in [0.25, 0.3) is 0 Å². The molecule has 1 nitrogen and oxygen atoms in total. The third kappa shape index (κ3) is 2.90. The average molecular weight is 303 g/mol. The fourth-order valence-corrected chi connectivity index (χ4v) is 4.58. The van der Waals surface area contributed by atoms with Gasteiger partial charge in [-0.25, -0.2) is 4.39 Å². The molecule has 1 aromatic carbocycles. The van der Waals surface area contributed by atoms with Crippen LogP contribution in [0.15, 0.2) is 18.2 Å². The number of halogens is 1. The van der Waals surface area contributed by atoms with Gasteiger partial charge in [0, 0.05) is 15.3 Å². The lowest BCUT2D eigenvalue weighted by atomic mass is 9.97. The van der Waals surface area contributed by atoms with Gasteiger partial charge in [0.15, 0.2) is 0 Å². The molecule has 3 rings (SSSR count). The van der Waals surface area contributed by atoms with Gasteiger partial charge in [-0.15, -0.1) is 11.3 Å². The van der Waals surface area contributed by atoms with Crippen LogP contribution in [0.2, 0.25) is 0 Å². The number of aryl methyl sites for hydroxylation is 4. The normalized spacial score (nSPS) is 16.4. The highest BCUT2D eigenvalue weighted by molar-refractivity contribution is 7.12. The van der Waals surface area contributed by atoms with Crippen LogP contribution in [0.4, 0.5) is 4.39 Å². The molecule has 3 heteroatoms. The number of hydrogen-bond donors (Lipinski definition) is 1. The summed E-state index contributed by atoms with van der Waals surface area (Å²) in [5.41, 5.74) is 10.4. The predicted molar refractivity (Wildman–Crippen MR) is 87.5 cm³/mol. The van der Waals surface area contributed by atoms with E-state index < -0.39 is 0 Å². The number of thiophene rings is 1. The Kier molecular flexibility index (Phi) is 4.14. The fourth-order valence-electron chi connectivity index (χ4n) is 3.31. The van der Waals surface area contributed by atoms with Crippen LogP contribution in [0.5, 0.6) is 0 Å². The van der Waals surface area contributed by atoms with E-state index in [0.29, 0.717) is 5.56 Å². The van der Waals surface area contributed by atoms with Crippen LogP contribution in [0, 0.1) is 19.7 Å². The second kappa shape index (κ2) is 5.90. The van der Waals surface area contributed by atoms with Crippen molar-refractivity contribution in [1.29, 1.82) is 0 Å². The van der Waals surface area contributed by atoms with E-state index >= 15 is 0 Å². The van der Waals surface area contributed by atoms with Gasteiger partial charge in [0.05, 0.1) is 6.04 Å². The van der Waals surface area contributed by atoms with Crippen LogP contribution in [-0.4, -0.2) is 0 Å². The van der Waals surface area contributed by atoms with Crippen molar-refractivity contribution < 1.29 is 4.39 Å². The standard InChI is InChI=1S/C18H22FNS/c1-11-8-12(2)17(14(19)9-11)18(20)16-10-13-6-4-3-5-7-15(13)21-16/h8-10,18H,3-7,20H2,1-2H3. The molecule has 0 radical (unpaired) electrons. The van der Waals surface area contributed by atoms with Crippen LogP contribution < -0.4 is 5.73 Å². The lowest BCUT2D eigenvalue weighted by molar-refractivity contribution is 0.597. The van der Waals surface area contributed by atoms with Gasteiger partial charge in [0.1, 0.15) is 5.82 Å². The van der Waals surface area contributed by atoms with E-state index in [-0.39, 0.29) is 11.9 Å². The molecule has 112 valence electrons. The lowest BCUT2D eigenvalue weighted by Gasteiger charge is -2.15. The second-order valence-electron chi connectivity index (χ2n) is 6.11. The molecule has 1 aromatic heterocycles. The zero-order valence-electron chi connectivity index (χ0n) is 12.7. The Balaban J connectivity index is 1.97. The van der Waals surface area contributed by atoms with Crippen LogP contribution in [0.3, 0.4) is 0 Å². The first-order valence-electron chi connectivity index (χ1n) is 7.70. The molecule has 2 N–H and O–H groups in total. The molecule has 2 aromatic rings. The summed E-state index contributed by atoms with van der Waals surface area (Å²) < 4.78 is 14.3. The van der Waals surface area contributed by atoms with Crippen molar-refractivity contribution in [1.82, 2.24) is 0 Å². The molecule has 0 saturated heterocycles. The first-order chi connectivity index (χ1) is 10.1. The van der Waals surface area contributed by atoms with Crippen LogP contribution in [-0.2, 0) is 12.8 Å². The van der Waals surface area contributed by atoms with E-state index in [2.05, 4.69) is 6.07 Å². The molecule has 0 aliphatic heterocycles. The molecule has 1 heterocycles. The highest BCUT2D eigenvalue weighted by Gasteiger charge is 2.21. The Morgan fingerprint density at radius 1 is 1.10 bits per heavy atom. The van der Waals surface area contributed by atoms with Crippen molar-refractivity contribution in [3.8, 4) is 0 Å². The lowest BCUT2D eigenvalue weighted by Crippen LogP contribution is -2.14. The molecule has 0 bridgehead atoms. The zero-order valence-corrected chi connectivity index (χ0v) is 13.5. The summed E-state index contributed by atoms with van der Waals surface area (Å²) in [5.74, 6) is -0.177. The maximum absolute atomic E-state index is 14.3. The van der Waals surface area contributed by atoms with E-state index in [1.54, 1.807) is 17.4 Å². The summed E-state index contributed by atoms with van der Waals surface area (Å²) in [5, 5.41) is 0. The van der Waals surface area contributed by atoms with Gasteiger partial charge in [-0.3, -0.25) is 0 Å². The first-order valence-corrected chi connectivity index (χ1v) is 8.51. The van der Waals surface area contributed by atoms with Crippen molar-refractivity contribution in [2.45, 2.75) is 52.0 Å². The number of rotatable bonds is 2. The van der Waals surface area contributed by atoms with E-state index in [1.165, 1.54) is 29.7 Å². The van der Waals surface area contributed by atoms with Gasteiger partial charge in [0.25, 0.3) is 0 Å². The molecule has 0 saturated carbocycles.